The van der Waals surface area contributed by atoms with Gasteiger partial charge in [0.15, 0.2) is 0 Å². The summed E-state index contributed by atoms with van der Waals surface area (Å²) in [6.07, 6.45) is 15.0. The quantitative estimate of drug-likeness (QED) is 0.390. The molecule has 2 rings (SSSR count). The van der Waals surface area contributed by atoms with Gasteiger partial charge < -0.3 is 10.2 Å². The molecule has 0 aromatic heterocycles. The van der Waals surface area contributed by atoms with Crippen LogP contribution in [0.1, 0.15) is 69.8 Å². The molecule has 26 heavy (non-hydrogen) atoms. The number of aliphatic carboxylic acids is 1. The second-order valence-corrected chi connectivity index (χ2v) is 7.65. The van der Waals surface area contributed by atoms with Crippen LogP contribution in [-0.2, 0) is 11.2 Å². The summed E-state index contributed by atoms with van der Waals surface area (Å²) >= 11 is 0. The Hall–Kier alpha value is -1.61. The van der Waals surface area contributed by atoms with Crippen molar-refractivity contribution in [2.24, 2.45) is 11.8 Å². The van der Waals surface area contributed by atoms with Crippen molar-refractivity contribution >= 4 is 5.97 Å². The summed E-state index contributed by atoms with van der Waals surface area (Å²) in [6, 6.07) is 10.7. The summed E-state index contributed by atoms with van der Waals surface area (Å²) in [5, 5.41) is 18.9. The first-order chi connectivity index (χ1) is 12.7. The molecule has 0 heterocycles. The number of aryl methyl sites for hydroxylation is 1. The third-order valence-corrected chi connectivity index (χ3v) is 5.65. The normalized spacial score (nSPS) is 22.9. The highest BCUT2D eigenvalue weighted by molar-refractivity contribution is 5.66. The lowest BCUT2D eigenvalue weighted by molar-refractivity contribution is -0.137. The van der Waals surface area contributed by atoms with Crippen LogP contribution >= 0.6 is 0 Å². The molecule has 0 spiro atoms. The fourth-order valence-electron chi connectivity index (χ4n) is 4.14. The summed E-state index contributed by atoms with van der Waals surface area (Å²) in [6.45, 7) is 0. The molecule has 1 fully saturated rings. The van der Waals surface area contributed by atoms with Crippen molar-refractivity contribution in [1.29, 1.82) is 0 Å². The Morgan fingerprint density at radius 2 is 1.85 bits per heavy atom. The maximum Gasteiger partial charge on any atom is 0.303 e. The molecular formula is C23H34O3. The van der Waals surface area contributed by atoms with Crippen molar-refractivity contribution in [2.45, 2.75) is 76.7 Å². The van der Waals surface area contributed by atoms with Gasteiger partial charge in [-0.25, -0.2) is 0 Å². The number of carboxylic acids is 1. The van der Waals surface area contributed by atoms with Crippen molar-refractivity contribution in [3.05, 3.63) is 48.0 Å². The van der Waals surface area contributed by atoms with Crippen molar-refractivity contribution in [1.82, 2.24) is 0 Å². The third-order valence-electron chi connectivity index (χ3n) is 5.65. The highest BCUT2D eigenvalue weighted by Gasteiger charge is 2.33. The molecule has 0 saturated heterocycles. The van der Waals surface area contributed by atoms with Gasteiger partial charge in [0.05, 0.1) is 6.10 Å². The lowest BCUT2D eigenvalue weighted by Gasteiger charge is -2.21. The molecule has 3 atom stereocenters. The van der Waals surface area contributed by atoms with Crippen molar-refractivity contribution < 1.29 is 15.0 Å². The molecule has 2 N–H and O–H groups in total. The van der Waals surface area contributed by atoms with E-state index in [-0.39, 0.29) is 12.5 Å². The van der Waals surface area contributed by atoms with Gasteiger partial charge >= 0.3 is 5.97 Å². The molecule has 1 aliphatic rings. The number of hydrogen-bond donors (Lipinski definition) is 2. The Morgan fingerprint density at radius 1 is 1.04 bits per heavy atom. The first-order valence-corrected chi connectivity index (χ1v) is 10.3. The SMILES string of the molecule is O=C(O)CCCC=CCC1CCC(O)C1CCCCCc1ccccc1. The average molecular weight is 359 g/mol. The monoisotopic (exact) mass is 358 g/mol. The van der Waals surface area contributed by atoms with Gasteiger partial charge in [0.25, 0.3) is 0 Å². The fraction of sp³-hybridized carbons (Fsp3) is 0.609. The number of aliphatic hydroxyl groups excluding tert-OH is 1. The number of unbranched alkanes of at least 4 members (excludes halogenated alkanes) is 3. The Bertz CT molecular complexity index is 538. The van der Waals surface area contributed by atoms with Crippen molar-refractivity contribution in [3.8, 4) is 0 Å². The number of allylic oxidation sites excluding steroid dienone is 2. The summed E-state index contributed by atoms with van der Waals surface area (Å²) in [4.78, 5) is 10.5. The third kappa shape index (κ3) is 7.74. The van der Waals surface area contributed by atoms with Gasteiger partial charge in [0, 0.05) is 6.42 Å². The minimum Gasteiger partial charge on any atom is -0.481 e. The lowest BCUT2D eigenvalue weighted by Crippen LogP contribution is -2.18. The van der Waals surface area contributed by atoms with Gasteiger partial charge in [-0.2, -0.15) is 0 Å². The molecule has 3 nitrogen and oxygen atoms in total. The first kappa shape index (κ1) is 20.7. The maximum atomic E-state index is 10.5. The van der Waals surface area contributed by atoms with Crippen LogP contribution in [0.2, 0.25) is 0 Å². The Morgan fingerprint density at radius 3 is 2.62 bits per heavy atom. The molecule has 0 radical (unpaired) electrons. The van der Waals surface area contributed by atoms with E-state index in [1.54, 1.807) is 0 Å². The predicted octanol–water partition coefficient (Wildman–Crippen LogP) is 5.38. The minimum absolute atomic E-state index is 0.130. The van der Waals surface area contributed by atoms with E-state index in [9.17, 15) is 9.90 Å². The maximum absolute atomic E-state index is 10.5. The van der Waals surface area contributed by atoms with Gasteiger partial charge in [-0.05, 0) is 68.8 Å². The second kappa shape index (κ2) is 11.9. The summed E-state index contributed by atoms with van der Waals surface area (Å²) in [5.41, 5.74) is 1.42. The van der Waals surface area contributed by atoms with Crippen LogP contribution in [0.4, 0.5) is 0 Å². The number of carboxylic acid groups (broad SMARTS) is 1. The molecule has 0 bridgehead atoms. The van der Waals surface area contributed by atoms with Gasteiger partial charge in [0.1, 0.15) is 0 Å². The van der Waals surface area contributed by atoms with Crippen LogP contribution in [0.25, 0.3) is 0 Å². The van der Waals surface area contributed by atoms with Gasteiger partial charge in [-0.15, -0.1) is 0 Å². The molecule has 0 amide bonds. The van der Waals surface area contributed by atoms with E-state index >= 15 is 0 Å². The molecule has 0 aliphatic heterocycles. The van der Waals surface area contributed by atoms with Gasteiger partial charge in [-0.3, -0.25) is 4.79 Å². The Balaban J connectivity index is 1.61. The van der Waals surface area contributed by atoms with E-state index in [4.69, 9.17) is 5.11 Å². The molecule has 1 aromatic rings. The van der Waals surface area contributed by atoms with Crippen LogP contribution in [0.3, 0.4) is 0 Å². The largest absolute Gasteiger partial charge is 0.481 e. The van der Waals surface area contributed by atoms with E-state index < -0.39 is 5.97 Å². The van der Waals surface area contributed by atoms with Crippen LogP contribution in [-0.4, -0.2) is 22.3 Å². The van der Waals surface area contributed by atoms with Crippen LogP contribution in [0.15, 0.2) is 42.5 Å². The Kier molecular flexibility index (Phi) is 9.47. The number of carbonyl (C=O) groups is 1. The van der Waals surface area contributed by atoms with Crippen molar-refractivity contribution in [2.75, 3.05) is 0 Å². The van der Waals surface area contributed by atoms with Crippen LogP contribution < -0.4 is 0 Å². The van der Waals surface area contributed by atoms with Crippen LogP contribution in [0.5, 0.6) is 0 Å². The summed E-state index contributed by atoms with van der Waals surface area (Å²) < 4.78 is 0. The lowest BCUT2D eigenvalue weighted by atomic mass is 9.87. The molecule has 3 unspecified atom stereocenters. The Labute approximate surface area is 158 Å². The van der Waals surface area contributed by atoms with E-state index in [2.05, 4.69) is 42.5 Å². The number of aliphatic hydroxyl groups is 1. The number of rotatable bonds is 12. The van der Waals surface area contributed by atoms with Gasteiger partial charge in [-0.1, -0.05) is 55.3 Å². The first-order valence-electron chi connectivity index (χ1n) is 10.3. The summed E-state index contributed by atoms with van der Waals surface area (Å²) in [5.74, 6) is 0.315. The molecule has 1 aliphatic carbocycles. The number of hydrogen-bond acceptors (Lipinski definition) is 2. The van der Waals surface area contributed by atoms with Crippen molar-refractivity contribution in [3.63, 3.8) is 0 Å². The molecule has 1 saturated carbocycles. The zero-order valence-corrected chi connectivity index (χ0v) is 15.9. The smallest absolute Gasteiger partial charge is 0.303 e. The van der Waals surface area contributed by atoms with Gasteiger partial charge in [0.2, 0.25) is 0 Å². The number of benzene rings is 1. The zero-order valence-electron chi connectivity index (χ0n) is 15.9. The molecule has 3 heteroatoms. The van der Waals surface area contributed by atoms with E-state index in [0.29, 0.717) is 18.3 Å². The predicted molar refractivity (Wildman–Crippen MR) is 106 cm³/mol. The molecular weight excluding hydrogens is 324 g/mol. The van der Waals surface area contributed by atoms with E-state index in [0.717, 1.165) is 38.5 Å². The van der Waals surface area contributed by atoms with E-state index in [1.165, 1.54) is 24.8 Å². The average Bonchev–Trinajstić information content (AvgIpc) is 2.98. The highest BCUT2D eigenvalue weighted by Crippen LogP contribution is 2.38. The van der Waals surface area contributed by atoms with E-state index in [1.807, 2.05) is 0 Å². The standard InChI is InChI=1S/C23H34O3/c24-22-18-17-20(14-8-1-2-10-16-23(25)26)21(22)15-9-4-7-13-19-11-5-3-6-12-19/h1,3,5-6,8,11-12,20-22,24H,2,4,7,9-10,13-18H2,(H,25,26). The molecule has 144 valence electrons. The van der Waals surface area contributed by atoms with Crippen LogP contribution in [0, 0.1) is 11.8 Å². The second-order valence-electron chi connectivity index (χ2n) is 7.65. The zero-order chi connectivity index (χ0) is 18.6. The fourth-order valence-corrected chi connectivity index (χ4v) is 4.14. The minimum atomic E-state index is -0.718. The highest BCUT2D eigenvalue weighted by atomic mass is 16.4. The molecule has 1 aromatic carbocycles. The summed E-state index contributed by atoms with van der Waals surface area (Å²) in [7, 11) is 0. The topological polar surface area (TPSA) is 57.5 Å².